The summed E-state index contributed by atoms with van der Waals surface area (Å²) in [6.07, 6.45) is 3.50. The lowest BCUT2D eigenvalue weighted by atomic mass is 10.1. The van der Waals surface area contributed by atoms with Crippen LogP contribution in [0.3, 0.4) is 0 Å². The average Bonchev–Trinajstić information content (AvgIpc) is 3.38. The highest BCUT2D eigenvalue weighted by Crippen LogP contribution is 2.23. The second-order valence-corrected chi connectivity index (χ2v) is 6.37. The Kier molecular flexibility index (Phi) is 4.75. The second kappa shape index (κ2) is 7.51. The van der Waals surface area contributed by atoms with Gasteiger partial charge < -0.3 is 19.3 Å². The number of phenols is 1. The molecule has 0 spiro atoms. The number of phenolic OH excluding ortho intramolecular Hbond substituents is 1. The molecule has 0 radical (unpaired) electrons. The molecule has 0 aliphatic carbocycles. The van der Waals surface area contributed by atoms with E-state index in [-0.39, 0.29) is 28.9 Å². The Balaban J connectivity index is 1.50. The molecule has 1 aromatic carbocycles. The van der Waals surface area contributed by atoms with Crippen molar-refractivity contribution in [3.8, 4) is 11.4 Å². The van der Waals surface area contributed by atoms with Crippen LogP contribution in [0.4, 0.5) is 0 Å². The van der Waals surface area contributed by atoms with Gasteiger partial charge in [0.2, 0.25) is 0 Å². The molecule has 0 bridgehead atoms. The molecule has 1 N–H and O–H groups in total. The molecule has 144 valence electrons. The van der Waals surface area contributed by atoms with Crippen LogP contribution in [-0.2, 0) is 0 Å². The first-order valence-electron chi connectivity index (χ1n) is 8.82. The van der Waals surface area contributed by atoms with Gasteiger partial charge in [0.25, 0.3) is 11.8 Å². The van der Waals surface area contributed by atoms with Crippen molar-refractivity contribution in [1.82, 2.24) is 30.0 Å². The van der Waals surface area contributed by atoms with Crippen molar-refractivity contribution >= 4 is 11.8 Å². The number of carbonyl (C=O) groups is 2. The Morgan fingerprint density at radius 3 is 2.50 bits per heavy atom. The molecule has 28 heavy (non-hydrogen) atoms. The zero-order valence-corrected chi connectivity index (χ0v) is 14.9. The summed E-state index contributed by atoms with van der Waals surface area (Å²) in [5, 5.41) is 21.1. The topological polar surface area (TPSA) is 118 Å². The SMILES string of the molecule is O=C(c1ccco1)N1CCCN(C(=O)c2cc(-n3cnnn3)ccc2O)CC1. The molecule has 0 atom stereocenters. The van der Waals surface area contributed by atoms with Crippen molar-refractivity contribution in [2.45, 2.75) is 6.42 Å². The second-order valence-electron chi connectivity index (χ2n) is 6.37. The molecule has 0 unspecified atom stereocenters. The highest BCUT2D eigenvalue weighted by Gasteiger charge is 2.26. The van der Waals surface area contributed by atoms with E-state index in [2.05, 4.69) is 15.5 Å². The summed E-state index contributed by atoms with van der Waals surface area (Å²) in [7, 11) is 0. The van der Waals surface area contributed by atoms with Gasteiger partial charge in [0.15, 0.2) is 5.76 Å². The maximum Gasteiger partial charge on any atom is 0.289 e. The van der Waals surface area contributed by atoms with Gasteiger partial charge >= 0.3 is 0 Å². The summed E-state index contributed by atoms with van der Waals surface area (Å²) in [5.74, 6) is -0.330. The van der Waals surface area contributed by atoms with Gasteiger partial charge in [0, 0.05) is 26.2 Å². The van der Waals surface area contributed by atoms with E-state index in [0.29, 0.717) is 38.3 Å². The summed E-state index contributed by atoms with van der Waals surface area (Å²) in [6.45, 7) is 1.76. The summed E-state index contributed by atoms with van der Waals surface area (Å²) in [6, 6.07) is 7.90. The number of aromatic nitrogens is 4. The number of benzene rings is 1. The third-order valence-electron chi connectivity index (χ3n) is 4.63. The van der Waals surface area contributed by atoms with Gasteiger partial charge in [-0.1, -0.05) is 0 Å². The third kappa shape index (κ3) is 3.43. The van der Waals surface area contributed by atoms with Crippen molar-refractivity contribution in [2.75, 3.05) is 26.2 Å². The number of furan rings is 1. The summed E-state index contributed by atoms with van der Waals surface area (Å²) >= 11 is 0. The van der Waals surface area contributed by atoms with Crippen LogP contribution in [0.15, 0.2) is 47.3 Å². The minimum Gasteiger partial charge on any atom is -0.507 e. The first kappa shape index (κ1) is 17.7. The molecular formula is C18H18N6O4. The lowest BCUT2D eigenvalue weighted by molar-refractivity contribution is 0.0699. The highest BCUT2D eigenvalue weighted by molar-refractivity contribution is 5.97. The molecule has 10 heteroatoms. The Morgan fingerprint density at radius 1 is 1.04 bits per heavy atom. The normalized spacial score (nSPS) is 14.7. The van der Waals surface area contributed by atoms with E-state index in [0.717, 1.165) is 0 Å². The standard InChI is InChI=1S/C18H18N6O4/c25-15-5-4-13(24-12-19-20-21-24)11-14(15)17(26)22-6-2-7-23(9-8-22)18(27)16-3-1-10-28-16/h1,3-5,10-12,25H,2,6-9H2. The van der Waals surface area contributed by atoms with Gasteiger partial charge in [-0.2, -0.15) is 0 Å². The molecule has 10 nitrogen and oxygen atoms in total. The van der Waals surface area contributed by atoms with Gasteiger partial charge in [-0.15, -0.1) is 5.10 Å². The van der Waals surface area contributed by atoms with Crippen LogP contribution in [0.25, 0.3) is 5.69 Å². The first-order chi connectivity index (χ1) is 13.6. The van der Waals surface area contributed by atoms with Crippen molar-refractivity contribution in [3.63, 3.8) is 0 Å². The first-order valence-corrected chi connectivity index (χ1v) is 8.82. The highest BCUT2D eigenvalue weighted by atomic mass is 16.3. The Morgan fingerprint density at radius 2 is 1.82 bits per heavy atom. The van der Waals surface area contributed by atoms with E-state index in [1.54, 1.807) is 34.1 Å². The van der Waals surface area contributed by atoms with E-state index in [4.69, 9.17) is 4.42 Å². The maximum absolute atomic E-state index is 13.0. The van der Waals surface area contributed by atoms with Crippen LogP contribution in [0, 0.1) is 0 Å². The van der Waals surface area contributed by atoms with Gasteiger partial charge in [-0.3, -0.25) is 9.59 Å². The predicted molar refractivity (Wildman–Crippen MR) is 96.0 cm³/mol. The third-order valence-corrected chi connectivity index (χ3v) is 4.63. The van der Waals surface area contributed by atoms with E-state index in [1.165, 1.54) is 23.3 Å². The monoisotopic (exact) mass is 382 g/mol. The number of amides is 2. The van der Waals surface area contributed by atoms with Gasteiger partial charge in [-0.25, -0.2) is 4.68 Å². The van der Waals surface area contributed by atoms with Crippen molar-refractivity contribution in [3.05, 3.63) is 54.2 Å². The molecule has 0 saturated carbocycles. The van der Waals surface area contributed by atoms with Crippen molar-refractivity contribution in [1.29, 1.82) is 0 Å². The molecule has 1 aliphatic rings. The van der Waals surface area contributed by atoms with Gasteiger partial charge in [-0.05, 0) is 47.2 Å². The maximum atomic E-state index is 13.0. The lowest BCUT2D eigenvalue weighted by Crippen LogP contribution is -2.37. The predicted octanol–water partition coefficient (Wildman–Crippen LogP) is 0.949. The average molecular weight is 382 g/mol. The minimum atomic E-state index is -0.306. The molecule has 1 aliphatic heterocycles. The zero-order chi connectivity index (χ0) is 19.5. The fraction of sp³-hybridized carbons (Fsp3) is 0.278. The summed E-state index contributed by atoms with van der Waals surface area (Å²) in [5.41, 5.74) is 0.731. The minimum absolute atomic E-state index is 0.116. The lowest BCUT2D eigenvalue weighted by Gasteiger charge is -2.22. The fourth-order valence-corrected chi connectivity index (χ4v) is 3.17. The molecule has 3 heterocycles. The van der Waals surface area contributed by atoms with Crippen molar-refractivity contribution in [2.24, 2.45) is 0 Å². The number of rotatable bonds is 3. The van der Waals surface area contributed by atoms with Crippen LogP contribution in [0.2, 0.25) is 0 Å². The quantitative estimate of drug-likeness (QED) is 0.716. The molecular weight excluding hydrogens is 364 g/mol. The molecule has 4 rings (SSSR count). The molecule has 2 amide bonds. The molecule has 3 aromatic rings. The largest absolute Gasteiger partial charge is 0.507 e. The number of hydrogen-bond acceptors (Lipinski definition) is 7. The van der Waals surface area contributed by atoms with Crippen LogP contribution >= 0.6 is 0 Å². The number of aromatic hydroxyl groups is 1. The Bertz CT molecular complexity index is 970. The molecule has 1 fully saturated rings. The van der Waals surface area contributed by atoms with Crippen LogP contribution in [-0.4, -0.2) is 73.1 Å². The van der Waals surface area contributed by atoms with Gasteiger partial charge in [0.05, 0.1) is 17.5 Å². The summed E-state index contributed by atoms with van der Waals surface area (Å²) in [4.78, 5) is 28.7. The molecule has 2 aromatic heterocycles. The number of nitrogens with zero attached hydrogens (tertiary/aromatic N) is 6. The van der Waals surface area contributed by atoms with E-state index in [9.17, 15) is 14.7 Å². The van der Waals surface area contributed by atoms with E-state index < -0.39 is 0 Å². The zero-order valence-electron chi connectivity index (χ0n) is 14.9. The number of tetrazole rings is 1. The smallest absolute Gasteiger partial charge is 0.289 e. The van der Waals surface area contributed by atoms with Crippen molar-refractivity contribution < 1.29 is 19.1 Å². The summed E-state index contributed by atoms with van der Waals surface area (Å²) < 4.78 is 6.58. The van der Waals surface area contributed by atoms with Crippen LogP contribution in [0.1, 0.15) is 27.3 Å². The molecule has 1 saturated heterocycles. The Hall–Kier alpha value is -3.69. The van der Waals surface area contributed by atoms with E-state index in [1.807, 2.05) is 0 Å². The Labute approximate surface area is 160 Å². The van der Waals surface area contributed by atoms with E-state index >= 15 is 0 Å². The number of carbonyl (C=O) groups excluding carboxylic acids is 2. The van der Waals surface area contributed by atoms with Crippen LogP contribution in [0.5, 0.6) is 5.75 Å². The van der Waals surface area contributed by atoms with Crippen LogP contribution < -0.4 is 0 Å². The van der Waals surface area contributed by atoms with Gasteiger partial charge in [0.1, 0.15) is 12.1 Å². The fourth-order valence-electron chi connectivity index (χ4n) is 3.17. The number of hydrogen-bond donors (Lipinski definition) is 1.